The highest BCUT2D eigenvalue weighted by Gasteiger charge is 2.08. The Kier molecular flexibility index (Phi) is 2.58. The molecular formula is C9H7BrClNS. The third-order valence-electron chi connectivity index (χ3n) is 1.80. The number of aryl methyl sites for hydroxylation is 1. The fraction of sp³-hybridized carbons (Fsp3) is 0.222. The van der Waals surface area contributed by atoms with Crippen LogP contribution < -0.4 is 0 Å². The average molecular weight is 277 g/mol. The molecule has 4 heteroatoms. The molecule has 0 bridgehead atoms. The Labute approximate surface area is 93.9 Å². The zero-order valence-electron chi connectivity index (χ0n) is 6.97. The first-order valence-electron chi connectivity index (χ1n) is 3.95. The van der Waals surface area contributed by atoms with E-state index in [1.807, 2.05) is 12.1 Å². The second-order valence-corrected chi connectivity index (χ2v) is 4.98. The smallest absolute Gasteiger partial charge is 0.0972 e. The number of hydrogen-bond acceptors (Lipinski definition) is 2. The summed E-state index contributed by atoms with van der Waals surface area (Å²) in [5.74, 6) is 0. The summed E-state index contributed by atoms with van der Waals surface area (Å²) >= 11 is 11.1. The maximum Gasteiger partial charge on any atom is 0.0972 e. The minimum absolute atomic E-state index is 0.723. The van der Waals surface area contributed by atoms with Gasteiger partial charge in [0, 0.05) is 0 Å². The van der Waals surface area contributed by atoms with Gasteiger partial charge in [-0.1, -0.05) is 18.5 Å². The predicted molar refractivity (Wildman–Crippen MR) is 61.7 cm³/mol. The summed E-state index contributed by atoms with van der Waals surface area (Å²) in [5.41, 5.74) is 0.981. The van der Waals surface area contributed by atoms with Crippen LogP contribution in [0.15, 0.2) is 16.6 Å². The van der Waals surface area contributed by atoms with Crippen LogP contribution in [0.4, 0.5) is 0 Å². The molecule has 13 heavy (non-hydrogen) atoms. The Balaban J connectivity index is 2.76. The Hall–Kier alpha value is -0.120. The lowest BCUT2D eigenvalue weighted by atomic mass is 10.3. The van der Waals surface area contributed by atoms with Crippen LogP contribution in [0.5, 0.6) is 0 Å². The molecule has 0 saturated carbocycles. The number of rotatable bonds is 1. The molecule has 1 aromatic heterocycles. The summed E-state index contributed by atoms with van der Waals surface area (Å²) in [6.45, 7) is 2.10. The van der Waals surface area contributed by atoms with Crippen LogP contribution in [0.3, 0.4) is 0 Å². The lowest BCUT2D eigenvalue weighted by Crippen LogP contribution is -1.76. The van der Waals surface area contributed by atoms with Gasteiger partial charge in [-0.05, 0) is 34.5 Å². The van der Waals surface area contributed by atoms with E-state index in [2.05, 4.69) is 27.8 Å². The standard InChI is InChI=1S/C9H7BrClNS/c1-2-7-12-9-6(13-7)4-3-5(11)8(9)10/h3-4H,2H2,1H3. The molecule has 0 aliphatic rings. The van der Waals surface area contributed by atoms with Crippen molar-refractivity contribution in [2.24, 2.45) is 0 Å². The normalized spacial score (nSPS) is 11.0. The van der Waals surface area contributed by atoms with Crippen molar-refractivity contribution in [1.82, 2.24) is 4.98 Å². The SMILES string of the molecule is CCc1nc2c(Br)c(Cl)ccc2s1. The highest BCUT2D eigenvalue weighted by atomic mass is 79.9. The number of aromatic nitrogens is 1. The largest absolute Gasteiger partial charge is 0.240 e. The number of hydrogen-bond donors (Lipinski definition) is 0. The molecule has 1 nitrogen and oxygen atoms in total. The molecule has 0 spiro atoms. The van der Waals surface area contributed by atoms with Crippen LogP contribution >= 0.6 is 38.9 Å². The van der Waals surface area contributed by atoms with Crippen molar-refractivity contribution >= 4 is 49.1 Å². The van der Waals surface area contributed by atoms with Gasteiger partial charge in [0.15, 0.2) is 0 Å². The average Bonchev–Trinajstić information content (AvgIpc) is 2.55. The Morgan fingerprint density at radius 3 is 3.00 bits per heavy atom. The number of halogens is 2. The molecule has 68 valence electrons. The lowest BCUT2D eigenvalue weighted by molar-refractivity contribution is 1.11. The summed E-state index contributed by atoms with van der Waals surface area (Å²) in [5, 5.41) is 1.87. The van der Waals surface area contributed by atoms with E-state index >= 15 is 0 Å². The third-order valence-corrected chi connectivity index (χ3v) is 4.31. The highest BCUT2D eigenvalue weighted by molar-refractivity contribution is 9.10. The van der Waals surface area contributed by atoms with Gasteiger partial charge in [0.1, 0.15) is 0 Å². The summed E-state index contributed by atoms with van der Waals surface area (Å²) in [6.07, 6.45) is 0.976. The maximum atomic E-state index is 5.96. The molecule has 0 unspecified atom stereocenters. The monoisotopic (exact) mass is 275 g/mol. The fourth-order valence-electron chi connectivity index (χ4n) is 1.13. The topological polar surface area (TPSA) is 12.9 Å². The molecule has 0 aliphatic carbocycles. The van der Waals surface area contributed by atoms with Gasteiger partial charge in [-0.25, -0.2) is 4.98 Å². The molecule has 0 aliphatic heterocycles. The number of thiazole rings is 1. The first kappa shape index (κ1) is 9.44. The molecule has 1 heterocycles. The molecule has 2 aromatic rings. The number of nitrogens with zero attached hydrogens (tertiary/aromatic N) is 1. The van der Waals surface area contributed by atoms with Crippen molar-refractivity contribution < 1.29 is 0 Å². The molecular weight excluding hydrogens is 270 g/mol. The molecule has 0 amide bonds. The van der Waals surface area contributed by atoms with Crippen LogP contribution in [-0.2, 0) is 6.42 Å². The zero-order chi connectivity index (χ0) is 9.42. The predicted octanol–water partition coefficient (Wildman–Crippen LogP) is 4.27. The van der Waals surface area contributed by atoms with Crippen molar-refractivity contribution in [3.63, 3.8) is 0 Å². The Bertz CT molecular complexity index is 452. The molecule has 0 atom stereocenters. The molecule has 0 N–H and O–H groups in total. The van der Waals surface area contributed by atoms with Crippen molar-refractivity contribution in [2.75, 3.05) is 0 Å². The van der Waals surface area contributed by atoms with Crippen LogP contribution in [-0.4, -0.2) is 4.98 Å². The van der Waals surface area contributed by atoms with Gasteiger partial charge in [-0.2, -0.15) is 0 Å². The highest BCUT2D eigenvalue weighted by Crippen LogP contribution is 2.33. The minimum atomic E-state index is 0.723. The van der Waals surface area contributed by atoms with E-state index in [0.29, 0.717) is 0 Å². The van der Waals surface area contributed by atoms with Gasteiger partial charge in [-0.3, -0.25) is 0 Å². The van der Waals surface area contributed by atoms with E-state index in [-0.39, 0.29) is 0 Å². The quantitative estimate of drug-likeness (QED) is 0.758. The Morgan fingerprint density at radius 2 is 2.31 bits per heavy atom. The molecule has 1 aromatic carbocycles. The van der Waals surface area contributed by atoms with Crippen LogP contribution in [0.25, 0.3) is 10.2 Å². The van der Waals surface area contributed by atoms with E-state index in [0.717, 1.165) is 26.4 Å². The summed E-state index contributed by atoms with van der Waals surface area (Å²) in [4.78, 5) is 4.48. The van der Waals surface area contributed by atoms with Gasteiger partial charge in [0.2, 0.25) is 0 Å². The van der Waals surface area contributed by atoms with Gasteiger partial charge >= 0.3 is 0 Å². The molecule has 0 saturated heterocycles. The first-order valence-corrected chi connectivity index (χ1v) is 5.94. The number of benzene rings is 1. The van der Waals surface area contributed by atoms with Crippen LogP contribution in [0, 0.1) is 0 Å². The minimum Gasteiger partial charge on any atom is -0.240 e. The third kappa shape index (κ3) is 1.60. The molecule has 0 radical (unpaired) electrons. The van der Waals surface area contributed by atoms with E-state index < -0.39 is 0 Å². The van der Waals surface area contributed by atoms with Crippen LogP contribution in [0.2, 0.25) is 5.02 Å². The second kappa shape index (κ2) is 3.56. The summed E-state index contributed by atoms with van der Waals surface area (Å²) in [7, 11) is 0. The van der Waals surface area contributed by atoms with Crippen molar-refractivity contribution in [1.29, 1.82) is 0 Å². The molecule has 2 rings (SSSR count). The van der Waals surface area contributed by atoms with E-state index in [1.165, 1.54) is 4.70 Å². The maximum absolute atomic E-state index is 5.96. The number of fused-ring (bicyclic) bond motifs is 1. The van der Waals surface area contributed by atoms with Gasteiger partial charge in [-0.15, -0.1) is 11.3 Å². The summed E-state index contributed by atoms with van der Waals surface area (Å²) < 4.78 is 2.09. The van der Waals surface area contributed by atoms with Gasteiger partial charge in [0.25, 0.3) is 0 Å². The second-order valence-electron chi connectivity index (χ2n) is 2.67. The van der Waals surface area contributed by atoms with Crippen LogP contribution in [0.1, 0.15) is 11.9 Å². The summed E-state index contributed by atoms with van der Waals surface area (Å²) in [6, 6.07) is 3.91. The van der Waals surface area contributed by atoms with E-state index in [1.54, 1.807) is 11.3 Å². The lowest BCUT2D eigenvalue weighted by Gasteiger charge is -1.94. The first-order chi connectivity index (χ1) is 6.22. The zero-order valence-corrected chi connectivity index (χ0v) is 10.1. The molecule has 0 fully saturated rings. The van der Waals surface area contributed by atoms with Crippen molar-refractivity contribution in [2.45, 2.75) is 13.3 Å². The van der Waals surface area contributed by atoms with Gasteiger partial charge < -0.3 is 0 Å². The van der Waals surface area contributed by atoms with Crippen molar-refractivity contribution in [3.05, 3.63) is 26.6 Å². The van der Waals surface area contributed by atoms with E-state index in [4.69, 9.17) is 11.6 Å². The van der Waals surface area contributed by atoms with E-state index in [9.17, 15) is 0 Å². The van der Waals surface area contributed by atoms with Crippen molar-refractivity contribution in [3.8, 4) is 0 Å². The van der Waals surface area contributed by atoms with Gasteiger partial charge in [0.05, 0.1) is 24.7 Å². The fourth-order valence-corrected chi connectivity index (χ4v) is 2.77. The Morgan fingerprint density at radius 1 is 1.54 bits per heavy atom.